The molecule has 0 aliphatic rings. The number of nitrogens with one attached hydrogen (secondary N) is 1. The highest BCUT2D eigenvalue weighted by molar-refractivity contribution is 5.96. The van der Waals surface area contributed by atoms with Gasteiger partial charge in [-0.15, -0.1) is 0 Å². The van der Waals surface area contributed by atoms with Gasteiger partial charge >= 0.3 is 5.97 Å². The summed E-state index contributed by atoms with van der Waals surface area (Å²) in [5.74, 6) is -0.716. The van der Waals surface area contributed by atoms with Crippen molar-refractivity contribution in [2.45, 2.75) is 53.2 Å². The van der Waals surface area contributed by atoms with E-state index >= 15 is 0 Å². The van der Waals surface area contributed by atoms with Gasteiger partial charge in [0.25, 0.3) is 5.91 Å². The van der Waals surface area contributed by atoms with Crippen molar-refractivity contribution in [1.82, 2.24) is 5.32 Å². The summed E-state index contributed by atoms with van der Waals surface area (Å²) in [7, 11) is 0. The molecule has 21 heavy (non-hydrogen) atoms. The van der Waals surface area contributed by atoms with E-state index in [-0.39, 0.29) is 11.8 Å². The van der Waals surface area contributed by atoms with Crippen molar-refractivity contribution in [3.63, 3.8) is 0 Å². The van der Waals surface area contributed by atoms with Crippen LogP contribution in [-0.4, -0.2) is 23.5 Å². The SMILES string of the molecule is Cc1ccc(C(=O)N[C@@H](C(=O)OC(C)(C)C)C(C)C)cc1. The predicted molar refractivity (Wildman–Crippen MR) is 83.1 cm³/mol. The number of carbonyl (C=O) groups excluding carboxylic acids is 2. The lowest BCUT2D eigenvalue weighted by Crippen LogP contribution is -2.47. The minimum absolute atomic E-state index is 0.0470. The number of amides is 1. The van der Waals surface area contributed by atoms with Crippen LogP contribution >= 0.6 is 0 Å². The lowest BCUT2D eigenvalue weighted by molar-refractivity contribution is -0.158. The normalized spacial score (nSPS) is 12.9. The summed E-state index contributed by atoms with van der Waals surface area (Å²) in [6.45, 7) is 11.1. The van der Waals surface area contributed by atoms with E-state index in [1.807, 2.05) is 53.7 Å². The molecule has 0 saturated carbocycles. The maximum Gasteiger partial charge on any atom is 0.329 e. The van der Waals surface area contributed by atoms with Crippen molar-refractivity contribution in [3.8, 4) is 0 Å². The lowest BCUT2D eigenvalue weighted by Gasteiger charge is -2.26. The van der Waals surface area contributed by atoms with E-state index in [4.69, 9.17) is 4.74 Å². The Morgan fingerprint density at radius 2 is 1.62 bits per heavy atom. The van der Waals surface area contributed by atoms with Crippen LogP contribution in [-0.2, 0) is 9.53 Å². The number of ether oxygens (including phenoxy) is 1. The van der Waals surface area contributed by atoms with Gasteiger partial charge in [-0.3, -0.25) is 4.79 Å². The van der Waals surface area contributed by atoms with Gasteiger partial charge in [0.15, 0.2) is 0 Å². The minimum atomic E-state index is -0.655. The Bertz CT molecular complexity index is 498. The van der Waals surface area contributed by atoms with Crippen LogP contribution in [0.25, 0.3) is 0 Å². The molecule has 0 heterocycles. The molecular weight excluding hydrogens is 266 g/mol. The second-order valence-electron chi connectivity index (χ2n) is 6.59. The monoisotopic (exact) mass is 291 g/mol. The molecule has 116 valence electrons. The lowest BCUT2D eigenvalue weighted by atomic mass is 10.0. The molecule has 4 heteroatoms. The quantitative estimate of drug-likeness (QED) is 0.867. The first kappa shape index (κ1) is 17.2. The minimum Gasteiger partial charge on any atom is -0.458 e. The fraction of sp³-hybridized carbons (Fsp3) is 0.529. The van der Waals surface area contributed by atoms with Gasteiger partial charge in [0, 0.05) is 5.56 Å². The van der Waals surface area contributed by atoms with E-state index in [0.29, 0.717) is 5.56 Å². The molecule has 0 unspecified atom stereocenters. The van der Waals surface area contributed by atoms with Crippen LogP contribution in [0, 0.1) is 12.8 Å². The second kappa shape index (κ2) is 6.74. The highest BCUT2D eigenvalue weighted by atomic mass is 16.6. The van der Waals surface area contributed by atoms with Crippen LogP contribution in [0.2, 0.25) is 0 Å². The van der Waals surface area contributed by atoms with Crippen molar-refractivity contribution in [3.05, 3.63) is 35.4 Å². The molecule has 0 aromatic heterocycles. The van der Waals surface area contributed by atoms with E-state index in [1.165, 1.54) is 0 Å². The van der Waals surface area contributed by atoms with Gasteiger partial charge in [-0.2, -0.15) is 0 Å². The zero-order chi connectivity index (χ0) is 16.2. The van der Waals surface area contributed by atoms with Gasteiger partial charge in [-0.1, -0.05) is 31.5 Å². The molecule has 0 radical (unpaired) electrons. The summed E-state index contributed by atoms with van der Waals surface area (Å²) < 4.78 is 5.36. The first-order valence-electron chi connectivity index (χ1n) is 7.20. The van der Waals surface area contributed by atoms with Crippen molar-refractivity contribution >= 4 is 11.9 Å². The van der Waals surface area contributed by atoms with E-state index in [9.17, 15) is 9.59 Å². The van der Waals surface area contributed by atoms with Crippen LogP contribution in [0.4, 0.5) is 0 Å². The molecule has 1 aromatic carbocycles. The number of aryl methyl sites for hydroxylation is 1. The Hall–Kier alpha value is -1.84. The zero-order valence-electron chi connectivity index (χ0n) is 13.7. The summed E-state index contributed by atoms with van der Waals surface area (Å²) in [6, 6.07) is 6.58. The summed E-state index contributed by atoms with van der Waals surface area (Å²) in [5, 5.41) is 2.76. The number of rotatable bonds is 4. The molecule has 0 aliphatic heterocycles. The Morgan fingerprint density at radius 3 is 2.05 bits per heavy atom. The standard InChI is InChI=1S/C17H25NO3/c1-11(2)14(16(20)21-17(4,5)6)18-15(19)13-9-7-12(3)8-10-13/h7-11,14H,1-6H3,(H,18,19)/t14-/m1/s1. The van der Waals surface area contributed by atoms with Crippen LogP contribution in [0.5, 0.6) is 0 Å². The van der Waals surface area contributed by atoms with Gasteiger partial charge in [-0.25, -0.2) is 4.79 Å². The Morgan fingerprint density at radius 1 is 1.10 bits per heavy atom. The topological polar surface area (TPSA) is 55.4 Å². The molecule has 0 bridgehead atoms. The third kappa shape index (κ3) is 5.58. The molecule has 1 N–H and O–H groups in total. The van der Waals surface area contributed by atoms with Gasteiger partial charge in [0.1, 0.15) is 11.6 Å². The van der Waals surface area contributed by atoms with Crippen molar-refractivity contribution in [2.75, 3.05) is 0 Å². The number of hydrogen-bond donors (Lipinski definition) is 1. The maximum absolute atomic E-state index is 12.2. The Kier molecular flexibility index (Phi) is 5.53. The number of carbonyl (C=O) groups is 2. The zero-order valence-corrected chi connectivity index (χ0v) is 13.7. The van der Waals surface area contributed by atoms with Crippen LogP contribution in [0.3, 0.4) is 0 Å². The van der Waals surface area contributed by atoms with E-state index in [1.54, 1.807) is 12.1 Å². The molecule has 1 amide bonds. The van der Waals surface area contributed by atoms with Crippen molar-refractivity contribution < 1.29 is 14.3 Å². The molecule has 0 aliphatic carbocycles. The predicted octanol–water partition coefficient (Wildman–Crippen LogP) is 3.09. The second-order valence-corrected chi connectivity index (χ2v) is 6.59. The first-order chi connectivity index (χ1) is 9.60. The number of esters is 1. The summed E-state index contributed by atoms with van der Waals surface area (Å²) in [6.07, 6.45) is 0. The summed E-state index contributed by atoms with van der Waals surface area (Å²) in [4.78, 5) is 24.4. The third-order valence-corrected chi connectivity index (χ3v) is 2.93. The summed E-state index contributed by atoms with van der Waals surface area (Å²) in [5.41, 5.74) is 1.05. The maximum atomic E-state index is 12.2. The number of hydrogen-bond acceptors (Lipinski definition) is 3. The molecule has 4 nitrogen and oxygen atoms in total. The summed E-state index contributed by atoms with van der Waals surface area (Å²) >= 11 is 0. The van der Waals surface area contributed by atoms with Crippen molar-refractivity contribution in [1.29, 1.82) is 0 Å². The molecule has 1 rings (SSSR count). The molecule has 0 saturated heterocycles. The Labute approximate surface area is 126 Å². The highest BCUT2D eigenvalue weighted by Crippen LogP contribution is 2.13. The molecule has 0 spiro atoms. The average molecular weight is 291 g/mol. The fourth-order valence-corrected chi connectivity index (χ4v) is 1.79. The molecular formula is C17H25NO3. The highest BCUT2D eigenvalue weighted by Gasteiger charge is 2.29. The first-order valence-corrected chi connectivity index (χ1v) is 7.20. The third-order valence-electron chi connectivity index (χ3n) is 2.93. The van der Waals surface area contributed by atoms with Gasteiger partial charge in [0.05, 0.1) is 0 Å². The smallest absolute Gasteiger partial charge is 0.329 e. The van der Waals surface area contributed by atoms with Crippen molar-refractivity contribution in [2.24, 2.45) is 5.92 Å². The fourth-order valence-electron chi connectivity index (χ4n) is 1.79. The van der Waals surface area contributed by atoms with Crippen LogP contribution in [0.1, 0.15) is 50.5 Å². The van der Waals surface area contributed by atoms with E-state index < -0.39 is 17.6 Å². The molecule has 1 atom stereocenters. The van der Waals surface area contributed by atoms with Crippen LogP contribution in [0.15, 0.2) is 24.3 Å². The average Bonchev–Trinajstić information content (AvgIpc) is 2.33. The van der Waals surface area contributed by atoms with E-state index in [2.05, 4.69) is 5.32 Å². The van der Waals surface area contributed by atoms with Gasteiger partial charge in [0.2, 0.25) is 0 Å². The van der Waals surface area contributed by atoms with E-state index in [0.717, 1.165) is 5.56 Å². The van der Waals surface area contributed by atoms with Crippen LogP contribution < -0.4 is 5.32 Å². The number of benzene rings is 1. The van der Waals surface area contributed by atoms with Gasteiger partial charge < -0.3 is 10.1 Å². The van der Waals surface area contributed by atoms with Gasteiger partial charge in [-0.05, 0) is 45.7 Å². The molecule has 0 fully saturated rings. The Balaban J connectivity index is 2.81. The largest absolute Gasteiger partial charge is 0.458 e. The molecule has 1 aromatic rings.